The van der Waals surface area contributed by atoms with E-state index in [1.165, 1.54) is 0 Å². The number of nitrogens with zero attached hydrogens (tertiary/aromatic N) is 1. The molecule has 1 atom stereocenters. The Bertz CT molecular complexity index is 1020. The minimum Gasteiger partial charge on any atom is -0.497 e. The van der Waals surface area contributed by atoms with Crippen molar-refractivity contribution in [3.05, 3.63) is 58.1 Å². The van der Waals surface area contributed by atoms with Gasteiger partial charge in [-0.25, -0.2) is 8.42 Å². The average molecular weight is 437 g/mol. The van der Waals surface area contributed by atoms with E-state index in [2.05, 4.69) is 5.32 Å². The van der Waals surface area contributed by atoms with Gasteiger partial charge in [0.25, 0.3) is 0 Å². The van der Waals surface area contributed by atoms with E-state index in [4.69, 9.17) is 16.3 Å². The molecule has 0 heterocycles. The summed E-state index contributed by atoms with van der Waals surface area (Å²) < 4.78 is 31.1. The van der Waals surface area contributed by atoms with Crippen LogP contribution >= 0.6 is 11.6 Å². The summed E-state index contributed by atoms with van der Waals surface area (Å²) in [6, 6.07) is 10.7. The lowest BCUT2D eigenvalue weighted by atomic mass is 9.87. The normalized spacial score (nSPS) is 16.1. The monoisotopic (exact) mass is 436 g/mol. The SMILES string of the molecule is COc1ccc2c(c1)CCCC2NC(=O)CN(c1cc(Cl)ccc1C)S(C)(=O)=O. The van der Waals surface area contributed by atoms with E-state index in [1.807, 2.05) is 18.2 Å². The Kier molecular flexibility index (Phi) is 6.39. The summed E-state index contributed by atoms with van der Waals surface area (Å²) in [5, 5.41) is 3.41. The number of fused-ring (bicyclic) bond motifs is 1. The van der Waals surface area contributed by atoms with E-state index < -0.39 is 10.0 Å². The van der Waals surface area contributed by atoms with Crippen molar-refractivity contribution in [2.24, 2.45) is 0 Å². The highest BCUT2D eigenvalue weighted by atomic mass is 35.5. The smallest absolute Gasteiger partial charge is 0.241 e. The first-order valence-corrected chi connectivity index (χ1v) is 11.6. The van der Waals surface area contributed by atoms with Crippen LogP contribution in [-0.4, -0.2) is 34.2 Å². The first-order valence-electron chi connectivity index (χ1n) is 9.39. The molecule has 29 heavy (non-hydrogen) atoms. The van der Waals surface area contributed by atoms with Crippen LogP contribution in [0.15, 0.2) is 36.4 Å². The van der Waals surface area contributed by atoms with Crippen molar-refractivity contribution in [3.63, 3.8) is 0 Å². The molecule has 0 radical (unpaired) electrons. The summed E-state index contributed by atoms with van der Waals surface area (Å²) in [5.41, 5.74) is 3.33. The molecule has 0 spiro atoms. The van der Waals surface area contributed by atoms with Gasteiger partial charge in [-0.15, -0.1) is 0 Å². The van der Waals surface area contributed by atoms with Crippen LogP contribution in [0.25, 0.3) is 0 Å². The summed E-state index contributed by atoms with van der Waals surface area (Å²) in [4.78, 5) is 12.8. The molecule has 1 aliphatic rings. The van der Waals surface area contributed by atoms with Gasteiger partial charge in [-0.3, -0.25) is 9.10 Å². The molecule has 1 unspecified atom stereocenters. The number of sulfonamides is 1. The minimum atomic E-state index is -3.67. The maximum Gasteiger partial charge on any atom is 0.241 e. The second-order valence-corrected chi connectivity index (χ2v) is 9.62. The molecule has 1 amide bonds. The van der Waals surface area contributed by atoms with Crippen molar-refractivity contribution in [2.45, 2.75) is 32.2 Å². The van der Waals surface area contributed by atoms with Crippen LogP contribution < -0.4 is 14.4 Å². The lowest BCUT2D eigenvalue weighted by Gasteiger charge is -2.29. The molecule has 0 saturated heterocycles. The highest BCUT2D eigenvalue weighted by Crippen LogP contribution is 2.32. The van der Waals surface area contributed by atoms with Crippen molar-refractivity contribution < 1.29 is 17.9 Å². The van der Waals surface area contributed by atoms with E-state index in [1.54, 1.807) is 32.2 Å². The predicted octanol–water partition coefficient (Wildman–Crippen LogP) is 3.62. The van der Waals surface area contributed by atoms with Gasteiger partial charge in [0, 0.05) is 5.02 Å². The summed E-state index contributed by atoms with van der Waals surface area (Å²) in [5.74, 6) is 0.430. The number of methoxy groups -OCH3 is 1. The van der Waals surface area contributed by atoms with Crippen molar-refractivity contribution >= 4 is 33.2 Å². The zero-order valence-electron chi connectivity index (χ0n) is 16.7. The number of hydrogen-bond acceptors (Lipinski definition) is 4. The zero-order valence-corrected chi connectivity index (χ0v) is 18.3. The maximum absolute atomic E-state index is 12.8. The van der Waals surface area contributed by atoms with Gasteiger partial charge >= 0.3 is 0 Å². The molecule has 0 aliphatic heterocycles. The van der Waals surface area contributed by atoms with Crippen LogP contribution in [0.2, 0.25) is 5.02 Å². The number of aryl methyl sites for hydroxylation is 2. The van der Waals surface area contributed by atoms with E-state index in [0.29, 0.717) is 10.7 Å². The standard InChI is InChI=1S/C21H25ClN2O4S/c1-14-7-8-16(22)12-20(14)24(29(3,26)27)13-21(25)23-19-6-4-5-15-11-17(28-2)9-10-18(15)19/h7-12,19H,4-6,13H2,1-3H3,(H,23,25). The number of ether oxygens (including phenoxy) is 1. The van der Waals surface area contributed by atoms with Gasteiger partial charge in [-0.2, -0.15) is 0 Å². The molecule has 6 nitrogen and oxygen atoms in total. The first kappa shape index (κ1) is 21.5. The fourth-order valence-electron chi connectivity index (χ4n) is 3.67. The molecular weight excluding hydrogens is 412 g/mol. The maximum atomic E-state index is 12.8. The molecule has 8 heteroatoms. The summed E-state index contributed by atoms with van der Waals surface area (Å²) in [6.07, 6.45) is 3.76. The lowest BCUT2D eigenvalue weighted by molar-refractivity contribution is -0.120. The fourth-order valence-corrected chi connectivity index (χ4v) is 4.74. The quantitative estimate of drug-likeness (QED) is 0.750. The highest BCUT2D eigenvalue weighted by molar-refractivity contribution is 7.92. The molecule has 0 aromatic heterocycles. The number of anilines is 1. The van der Waals surface area contributed by atoms with Crippen molar-refractivity contribution in [2.75, 3.05) is 24.2 Å². The topological polar surface area (TPSA) is 75.7 Å². The largest absolute Gasteiger partial charge is 0.497 e. The van der Waals surface area contributed by atoms with E-state index in [9.17, 15) is 13.2 Å². The Labute approximate surface area is 176 Å². The molecule has 156 valence electrons. The first-order chi connectivity index (χ1) is 13.7. The average Bonchev–Trinajstić information content (AvgIpc) is 2.67. The van der Waals surface area contributed by atoms with Gasteiger partial charge < -0.3 is 10.1 Å². The van der Waals surface area contributed by atoms with Gasteiger partial charge in [0.2, 0.25) is 15.9 Å². The Hall–Kier alpha value is -2.25. The van der Waals surface area contributed by atoms with Gasteiger partial charge in [0.15, 0.2) is 0 Å². The van der Waals surface area contributed by atoms with Crippen LogP contribution in [-0.2, 0) is 21.2 Å². The third-order valence-corrected chi connectivity index (χ3v) is 6.49. The predicted molar refractivity (Wildman–Crippen MR) is 115 cm³/mol. The number of amides is 1. The van der Waals surface area contributed by atoms with Gasteiger partial charge in [-0.05, 0) is 67.1 Å². The minimum absolute atomic E-state index is 0.154. The van der Waals surface area contributed by atoms with E-state index in [0.717, 1.165) is 52.3 Å². The number of benzene rings is 2. The number of nitrogens with one attached hydrogen (secondary N) is 1. The van der Waals surface area contributed by atoms with Crippen LogP contribution in [0, 0.1) is 6.92 Å². The Morgan fingerprint density at radius 2 is 2.03 bits per heavy atom. The van der Waals surface area contributed by atoms with Crippen LogP contribution in [0.5, 0.6) is 5.75 Å². The number of carbonyl (C=O) groups is 1. The van der Waals surface area contributed by atoms with Crippen molar-refractivity contribution in [1.82, 2.24) is 5.32 Å². The second-order valence-electron chi connectivity index (χ2n) is 7.28. The Morgan fingerprint density at radius 3 is 2.72 bits per heavy atom. The number of hydrogen-bond donors (Lipinski definition) is 1. The summed E-state index contributed by atoms with van der Waals surface area (Å²) in [6.45, 7) is 1.48. The lowest BCUT2D eigenvalue weighted by Crippen LogP contribution is -2.42. The van der Waals surface area contributed by atoms with Gasteiger partial charge in [-0.1, -0.05) is 23.7 Å². The molecule has 0 saturated carbocycles. The highest BCUT2D eigenvalue weighted by Gasteiger charge is 2.26. The third kappa shape index (κ3) is 5.03. The second kappa shape index (κ2) is 8.63. The number of halogens is 1. The van der Waals surface area contributed by atoms with Crippen LogP contribution in [0.4, 0.5) is 5.69 Å². The molecule has 0 fully saturated rings. The molecular formula is C21H25ClN2O4S. The fraction of sp³-hybridized carbons (Fsp3) is 0.381. The molecule has 3 rings (SSSR count). The van der Waals surface area contributed by atoms with E-state index in [-0.39, 0.29) is 18.5 Å². The van der Waals surface area contributed by atoms with Crippen LogP contribution in [0.3, 0.4) is 0 Å². The van der Waals surface area contributed by atoms with E-state index >= 15 is 0 Å². The Morgan fingerprint density at radius 1 is 1.28 bits per heavy atom. The van der Waals surface area contributed by atoms with Crippen LogP contribution in [0.1, 0.15) is 35.6 Å². The molecule has 1 N–H and O–H groups in total. The van der Waals surface area contributed by atoms with Gasteiger partial charge in [0.1, 0.15) is 12.3 Å². The summed E-state index contributed by atoms with van der Waals surface area (Å²) in [7, 11) is -2.04. The number of carbonyl (C=O) groups excluding carboxylic acids is 1. The summed E-state index contributed by atoms with van der Waals surface area (Å²) >= 11 is 6.05. The molecule has 2 aromatic carbocycles. The molecule has 1 aliphatic carbocycles. The molecule has 2 aromatic rings. The van der Waals surface area contributed by atoms with Crippen molar-refractivity contribution in [1.29, 1.82) is 0 Å². The van der Waals surface area contributed by atoms with Gasteiger partial charge in [0.05, 0.1) is 25.1 Å². The Balaban J connectivity index is 1.81. The molecule has 0 bridgehead atoms. The number of rotatable bonds is 6. The third-order valence-electron chi connectivity index (χ3n) is 5.13. The zero-order chi connectivity index (χ0) is 21.2. The van der Waals surface area contributed by atoms with Crippen molar-refractivity contribution in [3.8, 4) is 5.75 Å².